The van der Waals surface area contributed by atoms with Gasteiger partial charge in [-0.2, -0.15) is 0 Å². The second-order valence-corrected chi connectivity index (χ2v) is 6.98. The summed E-state index contributed by atoms with van der Waals surface area (Å²) in [7, 11) is 0. The molecule has 2 aliphatic rings. The summed E-state index contributed by atoms with van der Waals surface area (Å²) in [6.07, 6.45) is 5.65. The Balaban J connectivity index is 1.75. The molecular formula is C16H32N2. The Bertz CT molecular complexity index is 207. The second kappa shape index (κ2) is 6.38. The maximum atomic E-state index is 2.79. The zero-order chi connectivity index (χ0) is 13.1. The van der Waals surface area contributed by atoms with Crippen LogP contribution in [0.5, 0.6) is 0 Å². The molecule has 0 aliphatic carbocycles. The zero-order valence-corrected chi connectivity index (χ0v) is 12.9. The molecule has 2 nitrogen and oxygen atoms in total. The molecule has 18 heavy (non-hydrogen) atoms. The molecule has 0 atom stereocenters. The number of piperidine rings is 2. The normalized spacial score (nSPS) is 26.3. The average molecular weight is 252 g/mol. The minimum absolute atomic E-state index is 0.734. The SMILES string of the molecule is CC(C)C1CCN(C2CCN(C(C)C)CC2)CC1. The Morgan fingerprint density at radius 1 is 0.778 bits per heavy atom. The Kier molecular flexibility index (Phi) is 5.08. The molecule has 2 aliphatic heterocycles. The summed E-state index contributed by atoms with van der Waals surface area (Å²) in [6, 6.07) is 1.62. The third-order valence-corrected chi connectivity index (χ3v) is 5.26. The fraction of sp³-hybridized carbons (Fsp3) is 1.00. The Hall–Kier alpha value is -0.0800. The van der Waals surface area contributed by atoms with Crippen LogP contribution in [0.15, 0.2) is 0 Å². The van der Waals surface area contributed by atoms with Crippen molar-refractivity contribution in [2.45, 2.75) is 65.5 Å². The molecule has 106 valence electrons. The van der Waals surface area contributed by atoms with Crippen LogP contribution in [0.25, 0.3) is 0 Å². The highest BCUT2D eigenvalue weighted by Gasteiger charge is 2.29. The predicted octanol–water partition coefficient (Wildman–Crippen LogP) is 3.23. The van der Waals surface area contributed by atoms with Crippen molar-refractivity contribution in [1.82, 2.24) is 9.80 Å². The minimum atomic E-state index is 0.734. The molecule has 0 aromatic carbocycles. The van der Waals surface area contributed by atoms with Crippen molar-refractivity contribution in [3.63, 3.8) is 0 Å². The van der Waals surface area contributed by atoms with E-state index >= 15 is 0 Å². The van der Waals surface area contributed by atoms with Crippen LogP contribution < -0.4 is 0 Å². The highest BCUT2D eigenvalue weighted by Crippen LogP contribution is 2.28. The third-order valence-electron chi connectivity index (χ3n) is 5.26. The van der Waals surface area contributed by atoms with Crippen molar-refractivity contribution in [3.05, 3.63) is 0 Å². The summed E-state index contributed by atoms with van der Waals surface area (Å²) < 4.78 is 0. The summed E-state index contributed by atoms with van der Waals surface area (Å²) in [4.78, 5) is 5.42. The van der Waals surface area contributed by atoms with E-state index in [-0.39, 0.29) is 0 Å². The maximum absolute atomic E-state index is 2.79. The Morgan fingerprint density at radius 2 is 1.33 bits per heavy atom. The molecule has 0 spiro atoms. The van der Waals surface area contributed by atoms with Gasteiger partial charge in [0.1, 0.15) is 0 Å². The Morgan fingerprint density at radius 3 is 1.78 bits per heavy atom. The Labute approximate surface area is 114 Å². The number of nitrogens with zero attached hydrogens (tertiary/aromatic N) is 2. The van der Waals surface area contributed by atoms with Crippen LogP contribution in [-0.2, 0) is 0 Å². The largest absolute Gasteiger partial charge is 0.301 e. The number of likely N-dealkylation sites (tertiary alicyclic amines) is 2. The first-order valence-electron chi connectivity index (χ1n) is 8.06. The molecule has 0 aromatic rings. The van der Waals surface area contributed by atoms with Crippen LogP contribution in [0.4, 0.5) is 0 Å². The molecule has 0 amide bonds. The van der Waals surface area contributed by atoms with Gasteiger partial charge in [0.05, 0.1) is 0 Å². The summed E-state index contributed by atoms with van der Waals surface area (Å²) in [6.45, 7) is 14.8. The van der Waals surface area contributed by atoms with Gasteiger partial charge < -0.3 is 9.80 Å². The van der Waals surface area contributed by atoms with Gasteiger partial charge in [-0.3, -0.25) is 0 Å². The highest BCUT2D eigenvalue weighted by molar-refractivity contribution is 4.84. The van der Waals surface area contributed by atoms with Crippen LogP contribution in [-0.4, -0.2) is 48.1 Å². The van der Waals surface area contributed by atoms with Crippen molar-refractivity contribution in [1.29, 1.82) is 0 Å². The summed E-state index contributed by atoms with van der Waals surface area (Å²) >= 11 is 0. The lowest BCUT2D eigenvalue weighted by molar-refractivity contribution is 0.0603. The van der Waals surface area contributed by atoms with Gasteiger partial charge in [0, 0.05) is 12.1 Å². The first-order valence-corrected chi connectivity index (χ1v) is 8.06. The van der Waals surface area contributed by atoms with Crippen molar-refractivity contribution in [2.75, 3.05) is 26.2 Å². The molecule has 0 saturated carbocycles. The average Bonchev–Trinajstić information content (AvgIpc) is 2.39. The fourth-order valence-corrected chi connectivity index (χ4v) is 3.72. The highest BCUT2D eigenvalue weighted by atomic mass is 15.2. The predicted molar refractivity (Wildman–Crippen MR) is 78.9 cm³/mol. The standard InChI is InChI=1S/C16H32N2/c1-13(2)15-5-9-18(10-6-15)16-7-11-17(12-8-16)14(3)4/h13-16H,5-12H2,1-4H3. The van der Waals surface area contributed by atoms with Gasteiger partial charge in [0.2, 0.25) is 0 Å². The number of hydrogen-bond acceptors (Lipinski definition) is 2. The fourth-order valence-electron chi connectivity index (χ4n) is 3.72. The van der Waals surface area contributed by atoms with Gasteiger partial charge in [0.15, 0.2) is 0 Å². The van der Waals surface area contributed by atoms with Crippen molar-refractivity contribution in [3.8, 4) is 0 Å². The first-order chi connectivity index (χ1) is 8.58. The smallest absolute Gasteiger partial charge is 0.0120 e. The van der Waals surface area contributed by atoms with Crippen LogP contribution in [0.2, 0.25) is 0 Å². The molecule has 0 N–H and O–H groups in total. The monoisotopic (exact) mass is 252 g/mol. The lowest BCUT2D eigenvalue weighted by atomic mass is 9.85. The van der Waals surface area contributed by atoms with Crippen LogP contribution in [0.3, 0.4) is 0 Å². The van der Waals surface area contributed by atoms with Crippen LogP contribution in [0.1, 0.15) is 53.4 Å². The summed E-state index contributed by atoms with van der Waals surface area (Å²) in [5.74, 6) is 1.87. The van der Waals surface area contributed by atoms with E-state index in [2.05, 4.69) is 37.5 Å². The van der Waals surface area contributed by atoms with Gasteiger partial charge >= 0.3 is 0 Å². The number of rotatable bonds is 3. The van der Waals surface area contributed by atoms with E-state index in [1.807, 2.05) is 0 Å². The quantitative estimate of drug-likeness (QED) is 0.761. The van der Waals surface area contributed by atoms with E-state index < -0.39 is 0 Å². The lowest BCUT2D eigenvalue weighted by Crippen LogP contribution is -2.49. The molecule has 2 heterocycles. The van der Waals surface area contributed by atoms with Crippen molar-refractivity contribution >= 4 is 0 Å². The molecule has 2 rings (SSSR count). The second-order valence-electron chi connectivity index (χ2n) is 6.98. The maximum Gasteiger partial charge on any atom is 0.0120 e. The topological polar surface area (TPSA) is 6.48 Å². The van der Waals surface area contributed by atoms with E-state index in [1.54, 1.807) is 0 Å². The van der Waals surface area contributed by atoms with Gasteiger partial charge in [-0.25, -0.2) is 0 Å². The van der Waals surface area contributed by atoms with Crippen molar-refractivity contribution < 1.29 is 0 Å². The number of hydrogen-bond donors (Lipinski definition) is 0. The summed E-state index contributed by atoms with van der Waals surface area (Å²) in [5, 5.41) is 0. The van der Waals surface area contributed by atoms with E-state index in [1.165, 1.54) is 51.9 Å². The van der Waals surface area contributed by atoms with E-state index in [0.717, 1.165) is 23.9 Å². The van der Waals surface area contributed by atoms with Crippen LogP contribution in [0, 0.1) is 11.8 Å². The molecule has 0 aromatic heterocycles. The molecule has 0 bridgehead atoms. The molecule has 2 saturated heterocycles. The van der Waals surface area contributed by atoms with Gasteiger partial charge in [-0.15, -0.1) is 0 Å². The van der Waals surface area contributed by atoms with E-state index in [0.29, 0.717) is 0 Å². The van der Waals surface area contributed by atoms with Crippen molar-refractivity contribution in [2.24, 2.45) is 11.8 Å². The molecule has 2 heteroatoms. The third kappa shape index (κ3) is 3.48. The first kappa shape index (κ1) is 14.3. The van der Waals surface area contributed by atoms with Gasteiger partial charge in [-0.05, 0) is 77.5 Å². The molecule has 0 unspecified atom stereocenters. The van der Waals surface area contributed by atoms with E-state index in [4.69, 9.17) is 0 Å². The van der Waals surface area contributed by atoms with Gasteiger partial charge in [0.25, 0.3) is 0 Å². The molecule has 0 radical (unpaired) electrons. The minimum Gasteiger partial charge on any atom is -0.301 e. The molecular weight excluding hydrogens is 220 g/mol. The van der Waals surface area contributed by atoms with E-state index in [9.17, 15) is 0 Å². The zero-order valence-electron chi connectivity index (χ0n) is 12.9. The molecule has 2 fully saturated rings. The summed E-state index contributed by atoms with van der Waals surface area (Å²) in [5.41, 5.74) is 0. The van der Waals surface area contributed by atoms with Gasteiger partial charge in [-0.1, -0.05) is 13.8 Å². The van der Waals surface area contributed by atoms with Crippen LogP contribution >= 0.6 is 0 Å². The lowest BCUT2D eigenvalue weighted by Gasteiger charge is -2.43.